The maximum atomic E-state index is 12.6. The highest BCUT2D eigenvalue weighted by Gasteiger charge is 2.32. The Morgan fingerprint density at radius 2 is 2.25 bits per heavy atom. The van der Waals surface area contributed by atoms with Crippen molar-refractivity contribution in [2.75, 3.05) is 13.1 Å². The monoisotopic (exact) mass is 271 g/mol. The quantitative estimate of drug-likeness (QED) is 0.869. The van der Waals surface area contributed by atoms with Crippen LogP contribution >= 0.6 is 0 Å². The van der Waals surface area contributed by atoms with Crippen LogP contribution in [0.25, 0.3) is 10.9 Å². The molecule has 0 radical (unpaired) electrons. The van der Waals surface area contributed by atoms with E-state index in [4.69, 9.17) is 0 Å². The third kappa shape index (κ3) is 2.05. The Balaban J connectivity index is 1.92. The van der Waals surface area contributed by atoms with Crippen molar-refractivity contribution in [3.05, 3.63) is 36.0 Å². The van der Waals surface area contributed by atoms with Crippen LogP contribution in [0.4, 0.5) is 0 Å². The number of carbonyl (C=O) groups excluding carboxylic acids is 2. The van der Waals surface area contributed by atoms with Crippen molar-refractivity contribution in [3.8, 4) is 0 Å². The molecule has 2 N–H and O–H groups in total. The van der Waals surface area contributed by atoms with Gasteiger partial charge in [-0.3, -0.25) is 9.59 Å². The van der Waals surface area contributed by atoms with E-state index in [1.165, 1.54) is 0 Å². The second-order valence-corrected chi connectivity index (χ2v) is 4.99. The van der Waals surface area contributed by atoms with Gasteiger partial charge in [-0.25, -0.2) is 0 Å². The average molecular weight is 271 g/mol. The summed E-state index contributed by atoms with van der Waals surface area (Å²) in [5, 5.41) is 3.81. The van der Waals surface area contributed by atoms with E-state index in [1.807, 2.05) is 31.3 Å². The second kappa shape index (κ2) is 5.00. The van der Waals surface area contributed by atoms with Gasteiger partial charge in [-0.2, -0.15) is 0 Å². The van der Waals surface area contributed by atoms with Crippen LogP contribution in [0, 0.1) is 0 Å². The highest BCUT2D eigenvalue weighted by molar-refractivity contribution is 6.00. The van der Waals surface area contributed by atoms with Gasteiger partial charge in [0.1, 0.15) is 6.04 Å². The maximum Gasteiger partial charge on any atom is 0.254 e. The molecule has 5 heteroatoms. The lowest BCUT2D eigenvalue weighted by Gasteiger charge is -2.34. The van der Waals surface area contributed by atoms with E-state index in [-0.39, 0.29) is 17.9 Å². The normalized spacial score (nSPS) is 19.1. The molecule has 1 aromatic carbocycles. The number of benzene rings is 1. The molecule has 0 bridgehead atoms. The summed E-state index contributed by atoms with van der Waals surface area (Å²) in [6.07, 6.45) is 2.48. The molecule has 1 atom stereocenters. The first-order valence-electron chi connectivity index (χ1n) is 6.86. The van der Waals surface area contributed by atoms with Gasteiger partial charge in [0.2, 0.25) is 5.91 Å². The number of carbonyl (C=O) groups is 2. The molecule has 20 heavy (non-hydrogen) atoms. The third-order valence-electron chi connectivity index (χ3n) is 3.78. The zero-order chi connectivity index (χ0) is 14.1. The Morgan fingerprint density at radius 1 is 1.40 bits per heavy atom. The zero-order valence-electron chi connectivity index (χ0n) is 11.3. The third-order valence-corrected chi connectivity index (χ3v) is 3.78. The molecular formula is C15H17N3O2. The molecule has 3 rings (SSSR count). The lowest BCUT2D eigenvalue weighted by atomic mass is 10.1. The topological polar surface area (TPSA) is 65.2 Å². The fourth-order valence-electron chi connectivity index (χ4n) is 2.72. The first-order chi connectivity index (χ1) is 9.70. The van der Waals surface area contributed by atoms with Crippen LogP contribution in [0.5, 0.6) is 0 Å². The highest BCUT2D eigenvalue weighted by atomic mass is 16.2. The number of rotatable bonds is 2. The number of amides is 2. The number of nitrogens with one attached hydrogen (secondary N) is 2. The predicted octanol–water partition coefficient (Wildman–Crippen LogP) is 1.52. The molecule has 5 nitrogen and oxygen atoms in total. The minimum Gasteiger partial charge on any atom is -0.361 e. The summed E-state index contributed by atoms with van der Waals surface area (Å²) >= 11 is 0. The number of nitrogens with zero attached hydrogens (tertiary/aromatic N) is 1. The number of fused-ring (bicyclic) bond motifs is 1. The van der Waals surface area contributed by atoms with E-state index in [1.54, 1.807) is 11.0 Å². The van der Waals surface area contributed by atoms with Crippen molar-refractivity contribution in [1.82, 2.24) is 15.2 Å². The van der Waals surface area contributed by atoms with Gasteiger partial charge < -0.3 is 15.2 Å². The van der Waals surface area contributed by atoms with Crippen LogP contribution in [0.1, 0.15) is 23.7 Å². The van der Waals surface area contributed by atoms with Gasteiger partial charge in [0.25, 0.3) is 5.91 Å². The van der Waals surface area contributed by atoms with E-state index >= 15 is 0 Å². The van der Waals surface area contributed by atoms with Crippen molar-refractivity contribution in [3.63, 3.8) is 0 Å². The van der Waals surface area contributed by atoms with E-state index in [2.05, 4.69) is 10.3 Å². The summed E-state index contributed by atoms with van der Waals surface area (Å²) in [5.74, 6) is -0.135. The smallest absolute Gasteiger partial charge is 0.254 e. The molecule has 1 aromatic heterocycles. The SMILES string of the molecule is CCC1C(=O)NCCN1C(=O)c1ccc2[nH]ccc2c1. The van der Waals surface area contributed by atoms with Gasteiger partial charge >= 0.3 is 0 Å². The van der Waals surface area contributed by atoms with Gasteiger partial charge in [-0.1, -0.05) is 6.92 Å². The van der Waals surface area contributed by atoms with E-state index in [9.17, 15) is 9.59 Å². The van der Waals surface area contributed by atoms with Crippen molar-refractivity contribution in [2.24, 2.45) is 0 Å². The largest absolute Gasteiger partial charge is 0.361 e. The number of aromatic amines is 1. The van der Waals surface area contributed by atoms with Crippen LogP contribution in [-0.2, 0) is 4.79 Å². The van der Waals surface area contributed by atoms with Crippen molar-refractivity contribution in [1.29, 1.82) is 0 Å². The van der Waals surface area contributed by atoms with Gasteiger partial charge in [-0.05, 0) is 30.7 Å². The molecule has 0 spiro atoms. The van der Waals surface area contributed by atoms with Gasteiger partial charge in [0.15, 0.2) is 0 Å². The molecule has 2 heterocycles. The second-order valence-electron chi connectivity index (χ2n) is 4.99. The summed E-state index contributed by atoms with van der Waals surface area (Å²) in [5.41, 5.74) is 1.63. The van der Waals surface area contributed by atoms with E-state index < -0.39 is 0 Å². The zero-order valence-corrected chi connectivity index (χ0v) is 11.3. The predicted molar refractivity (Wildman–Crippen MR) is 76.4 cm³/mol. The molecule has 1 fully saturated rings. The molecule has 1 aliphatic heterocycles. The molecule has 1 saturated heterocycles. The summed E-state index contributed by atoms with van der Waals surface area (Å²) < 4.78 is 0. The Morgan fingerprint density at radius 3 is 3.05 bits per heavy atom. The van der Waals surface area contributed by atoms with Crippen LogP contribution in [0.15, 0.2) is 30.5 Å². The fraction of sp³-hybridized carbons (Fsp3) is 0.333. The summed E-state index contributed by atoms with van der Waals surface area (Å²) in [6.45, 7) is 3.01. The number of H-pyrrole nitrogens is 1. The lowest BCUT2D eigenvalue weighted by Crippen LogP contribution is -2.56. The number of aromatic nitrogens is 1. The fourth-order valence-corrected chi connectivity index (χ4v) is 2.72. The van der Waals surface area contributed by atoms with Crippen molar-refractivity contribution >= 4 is 22.7 Å². The Hall–Kier alpha value is -2.30. The molecule has 0 saturated carbocycles. The van der Waals surface area contributed by atoms with Gasteiger partial charge in [-0.15, -0.1) is 0 Å². The molecule has 104 valence electrons. The Kier molecular flexibility index (Phi) is 3.18. The molecule has 1 unspecified atom stereocenters. The minimum atomic E-state index is -0.363. The Bertz CT molecular complexity index is 662. The van der Waals surface area contributed by atoms with Crippen LogP contribution in [0.2, 0.25) is 0 Å². The van der Waals surface area contributed by atoms with Crippen molar-refractivity contribution in [2.45, 2.75) is 19.4 Å². The molecular weight excluding hydrogens is 254 g/mol. The highest BCUT2D eigenvalue weighted by Crippen LogP contribution is 2.18. The summed E-state index contributed by atoms with van der Waals surface area (Å²) in [4.78, 5) is 29.2. The van der Waals surface area contributed by atoms with Crippen LogP contribution in [0.3, 0.4) is 0 Å². The summed E-state index contributed by atoms with van der Waals surface area (Å²) in [7, 11) is 0. The van der Waals surface area contributed by atoms with Gasteiger partial charge in [0, 0.05) is 35.8 Å². The van der Waals surface area contributed by atoms with Gasteiger partial charge in [0.05, 0.1) is 0 Å². The van der Waals surface area contributed by atoms with E-state index in [0.717, 1.165) is 10.9 Å². The van der Waals surface area contributed by atoms with Crippen LogP contribution < -0.4 is 5.32 Å². The number of hydrogen-bond acceptors (Lipinski definition) is 2. The first kappa shape index (κ1) is 12.7. The summed E-state index contributed by atoms with van der Waals surface area (Å²) in [6, 6.07) is 7.14. The first-order valence-corrected chi connectivity index (χ1v) is 6.86. The van der Waals surface area contributed by atoms with Crippen molar-refractivity contribution < 1.29 is 9.59 Å². The molecule has 2 amide bonds. The van der Waals surface area contributed by atoms with Crippen LogP contribution in [-0.4, -0.2) is 40.8 Å². The Labute approximate surface area is 117 Å². The minimum absolute atomic E-state index is 0.0603. The standard InChI is InChI=1S/C15H17N3O2/c1-2-13-14(19)17-7-8-18(13)15(20)11-3-4-12-10(9-11)5-6-16-12/h3-6,9,13,16H,2,7-8H2,1H3,(H,17,19). The molecule has 2 aromatic rings. The number of hydrogen-bond donors (Lipinski definition) is 2. The lowest BCUT2D eigenvalue weighted by molar-refractivity contribution is -0.127. The molecule has 0 aliphatic carbocycles. The van der Waals surface area contributed by atoms with E-state index in [0.29, 0.717) is 25.1 Å². The maximum absolute atomic E-state index is 12.6. The molecule has 1 aliphatic rings. The number of piperazine rings is 1. The average Bonchev–Trinajstić information content (AvgIpc) is 2.93.